The zero-order chi connectivity index (χ0) is 44.1. The van der Waals surface area contributed by atoms with Gasteiger partial charge in [-0.2, -0.15) is 0 Å². The van der Waals surface area contributed by atoms with Gasteiger partial charge in [0.15, 0.2) is 0 Å². The number of aliphatic hydroxyl groups is 7. The number of rotatable bonds is 19. The molecule has 9 N–H and O–H groups in total. The molecule has 1 aliphatic rings. The van der Waals surface area contributed by atoms with E-state index < -0.39 is 60.7 Å². The first-order valence-corrected chi connectivity index (χ1v) is 19.9. The van der Waals surface area contributed by atoms with Gasteiger partial charge in [0.2, 0.25) is 0 Å². The Labute approximate surface area is 392 Å². The van der Waals surface area contributed by atoms with Gasteiger partial charge in [-0.1, -0.05) is 89.9 Å². The lowest BCUT2D eigenvalue weighted by molar-refractivity contribution is -0.190. The van der Waals surface area contributed by atoms with Crippen molar-refractivity contribution in [1.82, 2.24) is 10.6 Å². The highest BCUT2D eigenvalue weighted by molar-refractivity contribution is 5.94. The summed E-state index contributed by atoms with van der Waals surface area (Å²) in [4.78, 5) is 12.7. The highest BCUT2D eigenvalue weighted by Gasteiger charge is 2.48. The summed E-state index contributed by atoms with van der Waals surface area (Å²) in [6.07, 6.45) is 2.45. The lowest BCUT2D eigenvalue weighted by Gasteiger charge is -2.43. The summed E-state index contributed by atoms with van der Waals surface area (Å²) in [6.45, 7) is 3.57. The van der Waals surface area contributed by atoms with Gasteiger partial charge in [0, 0.05) is 82.2 Å². The maximum atomic E-state index is 12.7. The highest BCUT2D eigenvalue weighted by Crippen LogP contribution is 2.22. The van der Waals surface area contributed by atoms with E-state index >= 15 is 0 Å². The number of unbranched alkanes of at least 4 members (excludes halogenated alkanes) is 11. The zero-order valence-corrected chi connectivity index (χ0v) is 34.1. The Hall–Kier alpha value is -6.13. The van der Waals surface area contributed by atoms with Crippen molar-refractivity contribution in [2.24, 2.45) is 0 Å². The Kier molecular flexibility index (Phi) is 30.2. The van der Waals surface area contributed by atoms with Crippen molar-refractivity contribution in [2.75, 3.05) is 6.54 Å². The van der Waals surface area contributed by atoms with Crippen LogP contribution in [0.25, 0.3) is 0 Å². The zero-order valence-electron chi connectivity index (χ0n) is 34.1. The third-order valence-electron chi connectivity index (χ3n) is 8.80. The van der Waals surface area contributed by atoms with Crippen molar-refractivity contribution < 1.29 is 74.8 Å². The van der Waals surface area contributed by atoms with Gasteiger partial charge in [-0.3, -0.25) is 4.79 Å². The lowest BCUT2D eigenvalue weighted by atomic mass is 9.83. The van der Waals surface area contributed by atoms with E-state index in [1.807, 2.05) is 0 Å². The van der Waals surface area contributed by atoms with Crippen LogP contribution >= 0.6 is 0 Å². The van der Waals surface area contributed by atoms with Crippen molar-refractivity contribution >= 4 is 5.91 Å². The molecular weight excluding hydrogens is 757 g/mol. The number of aliphatic hydroxyl groups excluding tert-OH is 7. The van der Waals surface area contributed by atoms with Gasteiger partial charge in [-0.05, 0) is 108 Å². The molecule has 0 aliphatic heterocycles. The first-order chi connectivity index (χ1) is 29.1. The maximum absolute atomic E-state index is 12.7. The third-order valence-corrected chi connectivity index (χ3v) is 8.80. The van der Waals surface area contributed by atoms with Crippen LogP contribution in [0.5, 0.6) is 0 Å². The minimum Gasteiger partial charge on any atom is -0.390 e. The standard InChI is InChI=1S/C50H52N2O8.24H2/c1-3-5-7-9-11-13-15-17-18-19-20-21-22-23-24-25-26-27-29-31-33-35-37-39-43(54)52-41(40-51-44-46(56)48(58)50(60)49(59)47(44)57)45(55)42(53)38-36-34-32-30-28-16-14-12-10-8-6-4-2;;;;;;;;;;;;;;;;;;;;;;;;/h41-42,44-51,53,55-60H,4,6,8,10,12,14,16,28,30,32,34,36,38,40H2,1-2H3,(H,52,54);24*1H/t41-,42+,44?,45-,46-,47+,48+,49-,50?;;;;;;;;;;;;;;;;;;;;;;;;/m0......................../s1. The van der Waals surface area contributed by atoms with E-state index in [9.17, 15) is 40.5 Å². The minimum atomic E-state index is -1.79. The van der Waals surface area contributed by atoms with Crippen LogP contribution in [-0.2, 0) is 4.79 Å². The second-order valence-electron chi connectivity index (χ2n) is 13.3. The SMILES string of the molecule is CC#CC#CC#CC#CC#CC#CC#CC#CC#CC#CC#CC#CC(=O)N[C@@H](CNC1[C@@H](O)[C@H](O)C(O)[C@H](O)[C@H]1O)[C@H](O)[C@H](O)CCCCCCCCCCCCCC.[HH].[HH].[HH].[HH].[HH].[HH].[HH].[HH].[HH].[HH].[HH].[HH].[HH].[HH].[HH].[HH].[HH].[HH].[HH].[HH].[HH].[HH].[HH].[HH]. The van der Waals surface area contributed by atoms with E-state index in [0.717, 1.165) is 25.7 Å². The molecule has 1 aliphatic carbocycles. The van der Waals surface area contributed by atoms with Crippen LogP contribution in [0.15, 0.2) is 0 Å². The Bertz CT molecular complexity index is 2220. The summed E-state index contributed by atoms with van der Waals surface area (Å²) >= 11 is 0. The van der Waals surface area contributed by atoms with Gasteiger partial charge >= 0.3 is 0 Å². The fourth-order valence-electron chi connectivity index (χ4n) is 5.61. The fraction of sp³-hybridized carbons (Fsp3) is 0.500. The molecule has 0 aromatic carbocycles. The molecule has 9 atom stereocenters. The van der Waals surface area contributed by atoms with Gasteiger partial charge < -0.3 is 46.4 Å². The second kappa shape index (κ2) is 34.9. The van der Waals surface area contributed by atoms with Crippen LogP contribution in [0.2, 0.25) is 0 Å². The van der Waals surface area contributed by atoms with Gasteiger partial charge in [-0.15, -0.1) is 0 Å². The van der Waals surface area contributed by atoms with Gasteiger partial charge in [0.05, 0.1) is 18.2 Å². The van der Waals surface area contributed by atoms with Crippen LogP contribution in [0.3, 0.4) is 0 Å². The van der Waals surface area contributed by atoms with E-state index in [-0.39, 0.29) is 47.2 Å². The quantitative estimate of drug-likeness (QED) is 0.0554. The molecule has 2 unspecified atom stereocenters. The first kappa shape index (κ1) is 51.9. The molecule has 1 fully saturated rings. The number of hydrogen-bond donors (Lipinski definition) is 9. The summed E-state index contributed by atoms with van der Waals surface area (Å²) in [5.41, 5.74) is 0. The van der Waals surface area contributed by atoms with Crippen molar-refractivity contribution in [3.63, 3.8) is 0 Å². The Morgan fingerprint density at radius 2 is 0.833 bits per heavy atom. The van der Waals surface area contributed by atoms with Crippen LogP contribution in [0.4, 0.5) is 0 Å². The molecule has 1 saturated carbocycles. The number of hydrogen-bond acceptors (Lipinski definition) is 9. The van der Waals surface area contributed by atoms with Gasteiger partial charge in [-0.25, -0.2) is 0 Å². The molecule has 0 aromatic heterocycles. The number of amides is 1. The maximum Gasteiger partial charge on any atom is 0.297 e. The van der Waals surface area contributed by atoms with Crippen LogP contribution in [0.1, 0.15) is 132 Å². The molecule has 1 rings (SSSR count). The van der Waals surface area contributed by atoms with Crippen molar-refractivity contribution in [2.45, 2.75) is 152 Å². The predicted octanol–water partition coefficient (Wildman–Crippen LogP) is 6.03. The Morgan fingerprint density at radius 1 is 0.500 bits per heavy atom. The highest BCUT2D eigenvalue weighted by atomic mass is 16.4. The number of carbonyl (C=O) groups excluding carboxylic acids is 1. The normalized spacial score (nSPS) is 19.0. The fourth-order valence-corrected chi connectivity index (χ4v) is 5.61. The van der Waals surface area contributed by atoms with Crippen molar-refractivity contribution in [1.29, 1.82) is 0 Å². The molecule has 10 heteroatoms. The molecule has 0 bridgehead atoms. The Balaban J connectivity index is -0.0000000682. The molecule has 60 heavy (non-hydrogen) atoms. The summed E-state index contributed by atoms with van der Waals surface area (Å²) in [7, 11) is 0. The second-order valence-corrected chi connectivity index (χ2v) is 13.3. The topological polar surface area (TPSA) is 183 Å². The summed E-state index contributed by atoms with van der Waals surface area (Å²) in [5, 5.41) is 78.1. The van der Waals surface area contributed by atoms with Crippen molar-refractivity contribution in [3.8, 4) is 142 Å². The van der Waals surface area contributed by atoms with Crippen LogP contribution in [0, 0.1) is 142 Å². The minimum absolute atomic E-state index is 0. The lowest BCUT2D eigenvalue weighted by Crippen LogP contribution is -2.69. The predicted molar refractivity (Wildman–Crippen MR) is 281 cm³/mol. The number of carbonyl (C=O) groups is 1. The van der Waals surface area contributed by atoms with E-state index in [2.05, 4.69) is 160 Å². The van der Waals surface area contributed by atoms with Crippen molar-refractivity contribution in [3.05, 3.63) is 0 Å². The summed E-state index contributed by atoms with van der Waals surface area (Å²) in [6, 6.07) is -2.52. The van der Waals surface area contributed by atoms with Crippen LogP contribution < -0.4 is 10.6 Å². The summed E-state index contributed by atoms with van der Waals surface area (Å²) in [5.74, 6) is 58.4. The number of nitrogens with one attached hydrogen (secondary N) is 2. The Morgan fingerprint density at radius 3 is 1.22 bits per heavy atom. The molecule has 0 saturated heterocycles. The van der Waals surface area contributed by atoms with E-state index in [1.165, 1.54) is 44.9 Å². The largest absolute Gasteiger partial charge is 0.390 e. The van der Waals surface area contributed by atoms with Gasteiger partial charge in [0.25, 0.3) is 5.91 Å². The molecular formula is C50H100N2O8. The van der Waals surface area contributed by atoms with Gasteiger partial charge in [0.1, 0.15) is 36.6 Å². The van der Waals surface area contributed by atoms with Crippen LogP contribution in [-0.4, -0.2) is 103 Å². The molecule has 10 nitrogen and oxygen atoms in total. The smallest absolute Gasteiger partial charge is 0.297 e. The molecule has 0 aromatic rings. The molecule has 1 amide bonds. The average molecular weight is 857 g/mol. The molecule has 0 radical (unpaired) electrons. The average Bonchev–Trinajstić information content (AvgIpc) is 3.24. The molecule has 0 heterocycles. The summed E-state index contributed by atoms with van der Waals surface area (Å²) < 4.78 is 0. The monoisotopic (exact) mass is 857 g/mol. The third kappa shape index (κ3) is 24.6. The first-order valence-electron chi connectivity index (χ1n) is 19.9. The van der Waals surface area contributed by atoms with E-state index in [0.29, 0.717) is 6.42 Å². The van der Waals surface area contributed by atoms with E-state index in [4.69, 9.17) is 0 Å². The molecule has 358 valence electrons. The van der Waals surface area contributed by atoms with E-state index in [1.54, 1.807) is 6.92 Å². The molecule has 0 spiro atoms.